The van der Waals surface area contributed by atoms with Crippen molar-refractivity contribution < 1.29 is 14.7 Å². The lowest BCUT2D eigenvalue weighted by molar-refractivity contribution is -0.150. The van der Waals surface area contributed by atoms with E-state index in [-0.39, 0.29) is 5.91 Å². The molecule has 5 nitrogen and oxygen atoms in total. The maximum atomic E-state index is 11.8. The average Bonchev–Trinajstić information content (AvgIpc) is 2.24. The van der Waals surface area contributed by atoms with Crippen molar-refractivity contribution in [2.45, 2.75) is 50.6 Å². The van der Waals surface area contributed by atoms with Gasteiger partial charge in [-0.15, -0.1) is 0 Å². The number of aliphatic carboxylic acids is 1. The van der Waals surface area contributed by atoms with Crippen LogP contribution < -0.4 is 5.73 Å². The molecule has 5 heteroatoms. The molecule has 1 aliphatic heterocycles. The first-order valence-corrected chi connectivity index (χ1v) is 5.79. The van der Waals surface area contributed by atoms with Gasteiger partial charge in [0.05, 0.1) is 6.04 Å². The molecule has 1 fully saturated rings. The van der Waals surface area contributed by atoms with Crippen molar-refractivity contribution in [1.82, 2.24) is 4.90 Å². The molecule has 0 bridgehead atoms. The van der Waals surface area contributed by atoms with Crippen LogP contribution in [0.2, 0.25) is 0 Å². The lowest BCUT2D eigenvalue weighted by Crippen LogP contribution is -2.49. The lowest BCUT2D eigenvalue weighted by atomic mass is 10.00. The molecule has 3 N–H and O–H groups in total. The van der Waals surface area contributed by atoms with Crippen LogP contribution in [0.25, 0.3) is 0 Å². The SMILES string of the molecule is CN1C(=O)[C@@H](N)CCCCCC[C@H]1C(=O)O. The molecule has 92 valence electrons. The van der Waals surface area contributed by atoms with E-state index in [0.717, 1.165) is 25.7 Å². The second-order valence-electron chi connectivity index (χ2n) is 4.40. The number of nitrogens with two attached hydrogens (primary N) is 1. The number of carbonyl (C=O) groups excluding carboxylic acids is 1. The monoisotopic (exact) mass is 228 g/mol. The van der Waals surface area contributed by atoms with Gasteiger partial charge >= 0.3 is 5.97 Å². The molecule has 0 spiro atoms. The van der Waals surface area contributed by atoms with E-state index in [0.29, 0.717) is 12.8 Å². The molecule has 0 saturated carbocycles. The molecular formula is C11H20N2O3. The van der Waals surface area contributed by atoms with Crippen LogP contribution in [0.1, 0.15) is 38.5 Å². The quantitative estimate of drug-likeness (QED) is 0.687. The van der Waals surface area contributed by atoms with E-state index in [2.05, 4.69) is 0 Å². The zero-order valence-electron chi connectivity index (χ0n) is 9.69. The highest BCUT2D eigenvalue weighted by atomic mass is 16.4. The van der Waals surface area contributed by atoms with Crippen LogP contribution in [0.5, 0.6) is 0 Å². The second kappa shape index (κ2) is 5.84. The average molecular weight is 228 g/mol. The van der Waals surface area contributed by atoms with Crippen LogP contribution in [0.4, 0.5) is 0 Å². The van der Waals surface area contributed by atoms with Crippen molar-refractivity contribution in [3.63, 3.8) is 0 Å². The summed E-state index contributed by atoms with van der Waals surface area (Å²) in [6.45, 7) is 0. The van der Waals surface area contributed by atoms with E-state index in [1.807, 2.05) is 0 Å². The molecular weight excluding hydrogens is 208 g/mol. The Bertz CT molecular complexity index is 268. The van der Waals surface area contributed by atoms with Gasteiger partial charge in [-0.2, -0.15) is 0 Å². The summed E-state index contributed by atoms with van der Waals surface area (Å²) in [5, 5.41) is 9.06. The van der Waals surface area contributed by atoms with E-state index in [1.54, 1.807) is 0 Å². The van der Waals surface area contributed by atoms with E-state index < -0.39 is 18.1 Å². The standard InChI is InChI=1S/C11H20N2O3/c1-13-9(11(15)16)7-5-3-2-4-6-8(12)10(13)14/h8-9H,2-7,12H2,1H3,(H,15,16)/t8-,9-/m0/s1. The molecule has 1 amide bonds. The third-order valence-corrected chi connectivity index (χ3v) is 3.16. The Labute approximate surface area is 95.6 Å². The van der Waals surface area contributed by atoms with E-state index in [1.165, 1.54) is 11.9 Å². The summed E-state index contributed by atoms with van der Waals surface area (Å²) in [7, 11) is 1.53. The molecule has 0 radical (unpaired) electrons. The van der Waals surface area contributed by atoms with Crippen molar-refractivity contribution in [1.29, 1.82) is 0 Å². The molecule has 0 aromatic heterocycles. The number of hydrogen-bond donors (Lipinski definition) is 2. The minimum atomic E-state index is -0.941. The van der Waals surface area contributed by atoms with Gasteiger partial charge in [-0.3, -0.25) is 4.79 Å². The Morgan fingerprint density at radius 1 is 1.31 bits per heavy atom. The number of carbonyl (C=O) groups is 2. The smallest absolute Gasteiger partial charge is 0.326 e. The molecule has 0 aromatic rings. The fraction of sp³-hybridized carbons (Fsp3) is 0.818. The fourth-order valence-corrected chi connectivity index (χ4v) is 2.08. The van der Waals surface area contributed by atoms with Gasteiger partial charge < -0.3 is 15.7 Å². The minimum absolute atomic E-state index is 0.255. The Morgan fingerprint density at radius 3 is 2.44 bits per heavy atom. The molecule has 1 heterocycles. The number of likely N-dealkylation sites (N-methyl/N-ethyl adjacent to an activating group) is 1. The van der Waals surface area contributed by atoms with Crippen molar-refractivity contribution in [3.05, 3.63) is 0 Å². The van der Waals surface area contributed by atoms with Crippen LogP contribution in [0.15, 0.2) is 0 Å². The van der Waals surface area contributed by atoms with Gasteiger partial charge in [-0.05, 0) is 12.8 Å². The number of carboxylic acid groups (broad SMARTS) is 1. The summed E-state index contributed by atoms with van der Waals surface area (Å²) in [6, 6.07) is -1.28. The van der Waals surface area contributed by atoms with Gasteiger partial charge in [-0.1, -0.05) is 25.7 Å². The predicted molar refractivity (Wildman–Crippen MR) is 59.9 cm³/mol. The minimum Gasteiger partial charge on any atom is -0.480 e. The highest BCUT2D eigenvalue weighted by Gasteiger charge is 2.29. The Kier molecular flexibility index (Phi) is 4.73. The maximum absolute atomic E-state index is 11.8. The lowest BCUT2D eigenvalue weighted by Gasteiger charge is -2.28. The molecule has 16 heavy (non-hydrogen) atoms. The predicted octanol–water partition coefficient (Wildman–Crippen LogP) is 0.579. The first kappa shape index (κ1) is 13.0. The third kappa shape index (κ3) is 3.20. The molecule has 1 aliphatic rings. The fourth-order valence-electron chi connectivity index (χ4n) is 2.08. The number of nitrogens with zero attached hydrogens (tertiary/aromatic N) is 1. The van der Waals surface area contributed by atoms with Crippen LogP contribution >= 0.6 is 0 Å². The Morgan fingerprint density at radius 2 is 1.88 bits per heavy atom. The van der Waals surface area contributed by atoms with E-state index in [4.69, 9.17) is 10.8 Å². The summed E-state index contributed by atoms with van der Waals surface area (Å²) in [6.07, 6.45) is 5.00. The number of rotatable bonds is 1. The first-order valence-electron chi connectivity index (χ1n) is 5.79. The number of amides is 1. The summed E-state index contributed by atoms with van der Waals surface area (Å²) in [5.74, 6) is -1.20. The zero-order chi connectivity index (χ0) is 12.1. The van der Waals surface area contributed by atoms with Crippen molar-refractivity contribution >= 4 is 11.9 Å². The van der Waals surface area contributed by atoms with Crippen molar-refractivity contribution in [3.8, 4) is 0 Å². The van der Waals surface area contributed by atoms with Gasteiger partial charge in [0.2, 0.25) is 5.91 Å². The summed E-state index contributed by atoms with van der Waals surface area (Å²) in [4.78, 5) is 24.2. The van der Waals surface area contributed by atoms with Gasteiger partial charge in [0.1, 0.15) is 6.04 Å². The molecule has 1 saturated heterocycles. The maximum Gasteiger partial charge on any atom is 0.326 e. The summed E-state index contributed by atoms with van der Waals surface area (Å²) in [5.41, 5.74) is 5.74. The van der Waals surface area contributed by atoms with Gasteiger partial charge in [0.15, 0.2) is 0 Å². The Hall–Kier alpha value is -1.10. The second-order valence-corrected chi connectivity index (χ2v) is 4.40. The van der Waals surface area contributed by atoms with Gasteiger partial charge in [0, 0.05) is 7.05 Å². The topological polar surface area (TPSA) is 83.6 Å². The number of hydrogen-bond acceptors (Lipinski definition) is 3. The summed E-state index contributed by atoms with van der Waals surface area (Å²) < 4.78 is 0. The van der Waals surface area contributed by atoms with Crippen LogP contribution in [0, 0.1) is 0 Å². The highest BCUT2D eigenvalue weighted by molar-refractivity contribution is 5.86. The first-order chi connectivity index (χ1) is 7.54. The molecule has 0 unspecified atom stereocenters. The van der Waals surface area contributed by atoms with Crippen LogP contribution in [-0.2, 0) is 9.59 Å². The zero-order valence-corrected chi connectivity index (χ0v) is 9.69. The van der Waals surface area contributed by atoms with Crippen LogP contribution in [0.3, 0.4) is 0 Å². The molecule has 0 aliphatic carbocycles. The number of carboxylic acids is 1. The van der Waals surface area contributed by atoms with Crippen molar-refractivity contribution in [2.75, 3.05) is 7.05 Å². The Balaban J connectivity index is 2.75. The van der Waals surface area contributed by atoms with E-state index >= 15 is 0 Å². The highest BCUT2D eigenvalue weighted by Crippen LogP contribution is 2.16. The van der Waals surface area contributed by atoms with Gasteiger partial charge in [-0.25, -0.2) is 4.79 Å². The largest absolute Gasteiger partial charge is 0.480 e. The third-order valence-electron chi connectivity index (χ3n) is 3.16. The summed E-state index contributed by atoms with van der Waals surface area (Å²) >= 11 is 0. The van der Waals surface area contributed by atoms with Gasteiger partial charge in [0.25, 0.3) is 0 Å². The van der Waals surface area contributed by atoms with Crippen molar-refractivity contribution in [2.24, 2.45) is 5.73 Å². The molecule has 2 atom stereocenters. The van der Waals surface area contributed by atoms with Crippen LogP contribution in [-0.4, -0.2) is 41.0 Å². The molecule has 1 rings (SSSR count). The molecule has 0 aromatic carbocycles. The van der Waals surface area contributed by atoms with E-state index in [9.17, 15) is 9.59 Å². The normalized spacial score (nSPS) is 28.9.